The molecule has 2 aromatic heterocycles. The number of nitrogens with zero attached hydrogens (tertiary/aromatic N) is 5. The van der Waals surface area contributed by atoms with Gasteiger partial charge in [-0.05, 0) is 18.6 Å². The van der Waals surface area contributed by atoms with Crippen molar-refractivity contribution in [2.45, 2.75) is 12.3 Å². The van der Waals surface area contributed by atoms with Crippen molar-refractivity contribution in [3.05, 3.63) is 42.4 Å². The zero-order valence-electron chi connectivity index (χ0n) is 14.5. The molecule has 2 saturated heterocycles. The first-order valence-corrected chi connectivity index (χ1v) is 9.12. The molecule has 4 heterocycles. The van der Waals surface area contributed by atoms with Crippen LogP contribution in [-0.4, -0.2) is 54.3 Å². The van der Waals surface area contributed by atoms with Crippen LogP contribution in [0.4, 0.5) is 11.8 Å². The fourth-order valence-electron chi connectivity index (χ4n) is 3.65. The van der Waals surface area contributed by atoms with Crippen LogP contribution in [0.1, 0.15) is 18.0 Å². The van der Waals surface area contributed by atoms with E-state index in [2.05, 4.69) is 30.8 Å². The van der Waals surface area contributed by atoms with Gasteiger partial charge < -0.3 is 19.0 Å². The van der Waals surface area contributed by atoms with Crippen molar-refractivity contribution in [3.63, 3.8) is 0 Å². The quantitative estimate of drug-likeness (QED) is 0.718. The van der Waals surface area contributed by atoms with E-state index < -0.39 is 0 Å². The maximum Gasteiger partial charge on any atom is 0.298 e. The molecule has 0 aliphatic carbocycles. The van der Waals surface area contributed by atoms with Crippen LogP contribution in [0.25, 0.3) is 11.1 Å². The van der Waals surface area contributed by atoms with Crippen LogP contribution in [0.5, 0.6) is 0 Å². The van der Waals surface area contributed by atoms with Crippen LogP contribution in [0, 0.1) is 0 Å². The lowest BCUT2D eigenvalue weighted by Crippen LogP contribution is -2.47. The maximum absolute atomic E-state index is 5.89. The van der Waals surface area contributed by atoms with Crippen molar-refractivity contribution in [1.82, 2.24) is 15.0 Å². The first-order valence-electron chi connectivity index (χ1n) is 9.12. The van der Waals surface area contributed by atoms with Gasteiger partial charge in [0.1, 0.15) is 17.7 Å². The van der Waals surface area contributed by atoms with Crippen LogP contribution < -0.4 is 9.80 Å². The monoisotopic (exact) mass is 351 g/mol. The van der Waals surface area contributed by atoms with Crippen LogP contribution in [-0.2, 0) is 4.74 Å². The van der Waals surface area contributed by atoms with Gasteiger partial charge in [0.05, 0.1) is 12.3 Å². The lowest BCUT2D eigenvalue weighted by molar-refractivity contribution is 0.193. The molecule has 5 rings (SSSR count). The van der Waals surface area contributed by atoms with Crippen molar-refractivity contribution in [1.29, 1.82) is 0 Å². The molecule has 1 unspecified atom stereocenters. The number of aromatic nitrogens is 3. The highest BCUT2D eigenvalue weighted by atomic mass is 16.5. The third-order valence-electron chi connectivity index (χ3n) is 5.18. The molecule has 2 aliphatic rings. The van der Waals surface area contributed by atoms with Gasteiger partial charge in [-0.15, -0.1) is 0 Å². The molecule has 7 heteroatoms. The minimum Gasteiger partial charge on any atom is -0.423 e. The summed E-state index contributed by atoms with van der Waals surface area (Å²) in [5, 5.41) is 0. The van der Waals surface area contributed by atoms with E-state index in [-0.39, 0.29) is 0 Å². The fourth-order valence-corrected chi connectivity index (χ4v) is 3.65. The molecule has 1 aromatic carbocycles. The molecule has 2 aliphatic heterocycles. The zero-order chi connectivity index (χ0) is 17.3. The Morgan fingerprint density at radius 3 is 2.65 bits per heavy atom. The van der Waals surface area contributed by atoms with E-state index in [0.29, 0.717) is 11.9 Å². The number of piperazine rings is 1. The Morgan fingerprint density at radius 2 is 1.85 bits per heavy atom. The smallest absolute Gasteiger partial charge is 0.298 e. The summed E-state index contributed by atoms with van der Waals surface area (Å²) in [5.74, 6) is 1.40. The zero-order valence-corrected chi connectivity index (χ0v) is 14.5. The Labute approximate surface area is 151 Å². The second kappa shape index (κ2) is 6.57. The average molecular weight is 351 g/mol. The van der Waals surface area contributed by atoms with E-state index in [0.717, 1.165) is 68.4 Å². The van der Waals surface area contributed by atoms with E-state index in [1.165, 1.54) is 0 Å². The van der Waals surface area contributed by atoms with Gasteiger partial charge in [-0.3, -0.25) is 0 Å². The molecular weight excluding hydrogens is 330 g/mol. The van der Waals surface area contributed by atoms with Crippen molar-refractivity contribution >= 4 is 22.9 Å². The van der Waals surface area contributed by atoms with Crippen LogP contribution in [0.15, 0.2) is 41.1 Å². The van der Waals surface area contributed by atoms with Crippen molar-refractivity contribution in [2.75, 3.05) is 49.2 Å². The number of para-hydroxylation sites is 2. The van der Waals surface area contributed by atoms with Crippen LogP contribution >= 0.6 is 0 Å². The average Bonchev–Trinajstić information content (AvgIpc) is 3.38. The topological polar surface area (TPSA) is 67.5 Å². The second-order valence-corrected chi connectivity index (χ2v) is 6.80. The summed E-state index contributed by atoms with van der Waals surface area (Å²) in [6.45, 7) is 5.08. The molecule has 2 fully saturated rings. The largest absolute Gasteiger partial charge is 0.423 e. The Kier molecular flexibility index (Phi) is 3.93. The van der Waals surface area contributed by atoms with Crippen LogP contribution in [0.3, 0.4) is 0 Å². The van der Waals surface area contributed by atoms with E-state index in [1.54, 1.807) is 6.33 Å². The SMILES string of the molecule is c1ccc2oc(N3CCN(c4cc(C5CCOC5)ncn4)CC3)nc2c1. The molecular formula is C19H21N5O2. The van der Waals surface area contributed by atoms with E-state index >= 15 is 0 Å². The molecule has 0 spiro atoms. The molecule has 26 heavy (non-hydrogen) atoms. The summed E-state index contributed by atoms with van der Waals surface area (Å²) >= 11 is 0. The van der Waals surface area contributed by atoms with Gasteiger partial charge in [-0.1, -0.05) is 12.1 Å². The minimum absolute atomic E-state index is 0.401. The molecule has 0 amide bonds. The van der Waals surface area contributed by atoms with Gasteiger partial charge in [0.15, 0.2) is 5.58 Å². The third-order valence-corrected chi connectivity index (χ3v) is 5.18. The van der Waals surface area contributed by atoms with Crippen molar-refractivity contribution < 1.29 is 9.15 Å². The lowest BCUT2D eigenvalue weighted by atomic mass is 10.0. The van der Waals surface area contributed by atoms with Crippen LogP contribution in [0.2, 0.25) is 0 Å². The Hall–Kier alpha value is -2.67. The normalized spacial score (nSPS) is 20.8. The van der Waals surface area contributed by atoms with Gasteiger partial charge in [0.25, 0.3) is 6.01 Å². The summed E-state index contributed by atoms with van der Waals surface area (Å²) in [6, 6.07) is 10.7. The van der Waals surface area contributed by atoms with E-state index in [1.807, 2.05) is 24.3 Å². The standard InChI is InChI=1S/C19H21N5O2/c1-2-4-17-15(3-1)22-19(26-17)24-8-6-23(7-9-24)18-11-16(20-13-21-18)14-5-10-25-12-14/h1-4,11,13-14H,5-10,12H2. The van der Waals surface area contributed by atoms with Gasteiger partial charge in [0.2, 0.25) is 0 Å². The highest BCUT2D eigenvalue weighted by Gasteiger charge is 2.24. The summed E-state index contributed by atoms with van der Waals surface area (Å²) in [6.07, 6.45) is 2.72. The number of hydrogen-bond donors (Lipinski definition) is 0. The second-order valence-electron chi connectivity index (χ2n) is 6.80. The maximum atomic E-state index is 5.89. The van der Waals surface area contributed by atoms with Crippen molar-refractivity contribution in [3.8, 4) is 0 Å². The molecule has 7 nitrogen and oxygen atoms in total. The van der Waals surface area contributed by atoms with E-state index in [9.17, 15) is 0 Å². The Morgan fingerprint density at radius 1 is 1.00 bits per heavy atom. The summed E-state index contributed by atoms with van der Waals surface area (Å²) in [4.78, 5) is 18.0. The molecule has 0 N–H and O–H groups in total. The molecule has 0 radical (unpaired) electrons. The molecule has 0 saturated carbocycles. The van der Waals surface area contributed by atoms with Gasteiger partial charge in [0, 0.05) is 44.8 Å². The number of rotatable bonds is 3. The highest BCUT2D eigenvalue weighted by Crippen LogP contribution is 2.27. The fraction of sp³-hybridized carbons (Fsp3) is 0.421. The van der Waals surface area contributed by atoms with Gasteiger partial charge >= 0.3 is 0 Å². The van der Waals surface area contributed by atoms with Gasteiger partial charge in [-0.2, -0.15) is 4.98 Å². The Balaban J connectivity index is 1.28. The summed E-state index contributed by atoms with van der Waals surface area (Å²) in [5.41, 5.74) is 2.84. The number of oxazole rings is 1. The summed E-state index contributed by atoms with van der Waals surface area (Å²) in [7, 11) is 0. The number of fused-ring (bicyclic) bond motifs is 1. The molecule has 1 atom stereocenters. The predicted molar refractivity (Wildman–Crippen MR) is 98.6 cm³/mol. The first-order chi connectivity index (χ1) is 12.9. The predicted octanol–water partition coefficient (Wildman–Crippen LogP) is 2.45. The molecule has 3 aromatic rings. The third kappa shape index (κ3) is 2.88. The first kappa shape index (κ1) is 15.6. The van der Waals surface area contributed by atoms with Gasteiger partial charge in [-0.25, -0.2) is 9.97 Å². The minimum atomic E-state index is 0.401. The summed E-state index contributed by atoms with van der Waals surface area (Å²) < 4.78 is 11.4. The number of hydrogen-bond acceptors (Lipinski definition) is 7. The Bertz CT molecular complexity index is 865. The number of anilines is 2. The van der Waals surface area contributed by atoms with E-state index in [4.69, 9.17) is 9.15 Å². The number of ether oxygens (including phenoxy) is 1. The highest BCUT2D eigenvalue weighted by molar-refractivity contribution is 5.74. The lowest BCUT2D eigenvalue weighted by Gasteiger charge is -2.34. The molecule has 134 valence electrons. The molecule has 0 bridgehead atoms. The van der Waals surface area contributed by atoms with Crippen molar-refractivity contribution in [2.24, 2.45) is 0 Å². The number of benzene rings is 1.